The van der Waals surface area contributed by atoms with Crippen LogP contribution in [0.2, 0.25) is 0 Å². The van der Waals surface area contributed by atoms with E-state index in [0.717, 1.165) is 28.7 Å². The molecule has 1 fully saturated rings. The van der Waals surface area contributed by atoms with Crippen molar-refractivity contribution in [3.8, 4) is 11.1 Å². The van der Waals surface area contributed by atoms with Crippen molar-refractivity contribution in [2.75, 3.05) is 19.7 Å². The van der Waals surface area contributed by atoms with Gasteiger partial charge in [-0.05, 0) is 28.7 Å². The molecule has 7 heteroatoms. The Morgan fingerprint density at radius 1 is 1.06 bits per heavy atom. The van der Waals surface area contributed by atoms with Crippen LogP contribution in [0.5, 0.6) is 0 Å². The summed E-state index contributed by atoms with van der Waals surface area (Å²) >= 11 is 0. The number of carboxylic acids is 1. The molecule has 2 aromatic rings. The van der Waals surface area contributed by atoms with Gasteiger partial charge in [0.2, 0.25) is 5.91 Å². The largest absolute Gasteiger partial charge is 0.481 e. The fourth-order valence-corrected chi connectivity index (χ4v) is 4.76. The maximum atomic E-state index is 12.9. The Morgan fingerprint density at radius 3 is 2.18 bits per heavy atom. The summed E-state index contributed by atoms with van der Waals surface area (Å²) in [6, 6.07) is 15.6. The van der Waals surface area contributed by atoms with E-state index in [-0.39, 0.29) is 24.3 Å². The molecule has 0 spiro atoms. The Balaban J connectivity index is 1.36. The van der Waals surface area contributed by atoms with E-state index in [1.807, 2.05) is 31.2 Å². The Morgan fingerprint density at radius 2 is 1.64 bits per heavy atom. The van der Waals surface area contributed by atoms with E-state index in [9.17, 15) is 14.4 Å². The first-order valence-corrected chi connectivity index (χ1v) is 11.5. The molecule has 2 aliphatic rings. The van der Waals surface area contributed by atoms with Gasteiger partial charge >= 0.3 is 12.1 Å². The highest BCUT2D eigenvalue weighted by atomic mass is 16.5. The molecule has 4 rings (SSSR count). The fourth-order valence-electron chi connectivity index (χ4n) is 4.76. The van der Waals surface area contributed by atoms with Crippen LogP contribution in [0.25, 0.3) is 11.1 Å². The first kappa shape index (κ1) is 22.8. The van der Waals surface area contributed by atoms with Crippen molar-refractivity contribution in [1.82, 2.24) is 10.2 Å². The minimum atomic E-state index is -0.853. The molecule has 2 aromatic carbocycles. The number of nitrogens with one attached hydrogen (secondary N) is 1. The first-order valence-electron chi connectivity index (χ1n) is 11.5. The predicted octanol–water partition coefficient (Wildman–Crippen LogP) is 3.87. The van der Waals surface area contributed by atoms with Gasteiger partial charge in [0.05, 0.1) is 5.92 Å². The normalized spacial score (nSPS) is 16.8. The van der Waals surface area contributed by atoms with Crippen LogP contribution in [0.4, 0.5) is 4.79 Å². The maximum absolute atomic E-state index is 12.9. The Hall–Kier alpha value is -3.35. The second-order valence-electron chi connectivity index (χ2n) is 8.94. The molecule has 1 saturated heterocycles. The molecule has 1 aliphatic heterocycles. The second kappa shape index (κ2) is 9.65. The molecule has 2 N–H and O–H groups in total. The lowest BCUT2D eigenvalue weighted by atomic mass is 9.86. The SMILES string of the molecule is CCC[C@H](NC(=O)OCC1c2ccccc2-c2ccccc21)C(=O)N1CC(C(C)C(=O)O)C1. The molecule has 1 aliphatic carbocycles. The summed E-state index contributed by atoms with van der Waals surface area (Å²) < 4.78 is 5.59. The molecule has 1 unspecified atom stereocenters. The number of ether oxygens (including phenoxy) is 1. The quantitative estimate of drug-likeness (QED) is 0.637. The zero-order valence-electron chi connectivity index (χ0n) is 19.0. The average Bonchev–Trinajstić information content (AvgIpc) is 3.10. The molecular formula is C26H30N2O5. The maximum Gasteiger partial charge on any atom is 0.407 e. The lowest BCUT2D eigenvalue weighted by Gasteiger charge is -2.42. The highest BCUT2D eigenvalue weighted by Crippen LogP contribution is 2.44. The van der Waals surface area contributed by atoms with Gasteiger partial charge in [0.25, 0.3) is 0 Å². The number of hydrogen-bond acceptors (Lipinski definition) is 4. The van der Waals surface area contributed by atoms with Crippen molar-refractivity contribution < 1.29 is 24.2 Å². The number of carbonyl (C=O) groups is 3. The third-order valence-electron chi connectivity index (χ3n) is 6.83. The van der Waals surface area contributed by atoms with Crippen molar-refractivity contribution in [2.45, 2.75) is 38.6 Å². The van der Waals surface area contributed by atoms with Crippen LogP contribution in [-0.2, 0) is 14.3 Å². The minimum absolute atomic E-state index is 0.0443. The number of nitrogens with zero attached hydrogens (tertiary/aromatic N) is 1. The number of rotatable bonds is 8. The van der Waals surface area contributed by atoms with E-state index in [2.05, 4.69) is 29.6 Å². The van der Waals surface area contributed by atoms with Crippen LogP contribution in [0.15, 0.2) is 48.5 Å². The van der Waals surface area contributed by atoms with Crippen LogP contribution >= 0.6 is 0 Å². The lowest BCUT2D eigenvalue weighted by molar-refractivity contribution is -0.151. The number of fused-ring (bicyclic) bond motifs is 3. The van der Waals surface area contributed by atoms with Gasteiger partial charge in [0.1, 0.15) is 12.6 Å². The molecular weight excluding hydrogens is 420 g/mol. The van der Waals surface area contributed by atoms with Gasteiger partial charge in [-0.15, -0.1) is 0 Å². The number of hydrogen-bond donors (Lipinski definition) is 2. The number of alkyl carbamates (subject to hydrolysis) is 1. The molecule has 0 aromatic heterocycles. The number of amides is 2. The van der Waals surface area contributed by atoms with Crippen molar-refractivity contribution in [1.29, 1.82) is 0 Å². The summed E-state index contributed by atoms with van der Waals surface area (Å²) in [6.45, 7) is 4.60. The number of likely N-dealkylation sites (tertiary alicyclic amines) is 1. The van der Waals surface area contributed by atoms with E-state index >= 15 is 0 Å². The van der Waals surface area contributed by atoms with Gasteiger partial charge in [-0.2, -0.15) is 0 Å². The Labute approximate surface area is 193 Å². The van der Waals surface area contributed by atoms with Crippen molar-refractivity contribution >= 4 is 18.0 Å². The summed E-state index contributed by atoms with van der Waals surface area (Å²) in [5.74, 6) is -1.62. The third kappa shape index (κ3) is 4.58. The molecule has 33 heavy (non-hydrogen) atoms. The Kier molecular flexibility index (Phi) is 6.67. The fraction of sp³-hybridized carbons (Fsp3) is 0.423. The smallest absolute Gasteiger partial charge is 0.407 e. The minimum Gasteiger partial charge on any atom is -0.481 e. The summed E-state index contributed by atoms with van der Waals surface area (Å²) in [7, 11) is 0. The summed E-state index contributed by atoms with van der Waals surface area (Å²) in [6.07, 6.45) is 0.612. The van der Waals surface area contributed by atoms with Gasteiger partial charge in [0, 0.05) is 24.9 Å². The predicted molar refractivity (Wildman–Crippen MR) is 124 cm³/mol. The zero-order chi connectivity index (χ0) is 23.5. The standard InChI is InChI=1S/C26H30N2O5/c1-3-8-23(24(29)28-13-17(14-28)16(2)25(30)31)27-26(32)33-15-22-20-11-6-4-9-18(20)19-10-5-7-12-21(19)22/h4-7,9-12,16-17,22-23H,3,8,13-15H2,1-2H3,(H,27,32)(H,30,31)/t16?,23-/m0/s1. The zero-order valence-corrected chi connectivity index (χ0v) is 19.0. The first-order chi connectivity index (χ1) is 15.9. The average molecular weight is 451 g/mol. The highest BCUT2D eigenvalue weighted by molar-refractivity contribution is 5.86. The molecule has 174 valence electrons. The van der Waals surface area contributed by atoms with E-state index in [0.29, 0.717) is 19.5 Å². The molecule has 0 radical (unpaired) electrons. The van der Waals surface area contributed by atoms with E-state index < -0.39 is 24.0 Å². The van der Waals surface area contributed by atoms with Crippen molar-refractivity contribution in [2.24, 2.45) is 11.8 Å². The summed E-state index contributed by atoms with van der Waals surface area (Å²) in [5.41, 5.74) is 4.58. The van der Waals surface area contributed by atoms with Crippen LogP contribution in [-0.4, -0.2) is 53.7 Å². The number of carbonyl (C=O) groups excluding carboxylic acids is 2. The second-order valence-corrected chi connectivity index (χ2v) is 8.94. The molecule has 1 heterocycles. The number of benzene rings is 2. The summed E-state index contributed by atoms with van der Waals surface area (Å²) in [5, 5.41) is 11.9. The molecule has 2 atom stereocenters. The monoisotopic (exact) mass is 450 g/mol. The highest BCUT2D eigenvalue weighted by Gasteiger charge is 2.39. The van der Waals surface area contributed by atoms with Gasteiger partial charge in [-0.3, -0.25) is 9.59 Å². The number of aliphatic carboxylic acids is 1. The lowest BCUT2D eigenvalue weighted by Crippen LogP contribution is -2.59. The van der Waals surface area contributed by atoms with Gasteiger partial charge in [-0.1, -0.05) is 68.8 Å². The third-order valence-corrected chi connectivity index (χ3v) is 6.83. The molecule has 2 amide bonds. The van der Waals surface area contributed by atoms with Crippen LogP contribution in [0.3, 0.4) is 0 Å². The molecule has 0 saturated carbocycles. The van der Waals surface area contributed by atoms with E-state index in [1.54, 1.807) is 11.8 Å². The topological polar surface area (TPSA) is 95.9 Å². The van der Waals surface area contributed by atoms with E-state index in [4.69, 9.17) is 9.84 Å². The van der Waals surface area contributed by atoms with Crippen LogP contribution in [0.1, 0.15) is 43.7 Å². The molecule has 7 nitrogen and oxygen atoms in total. The van der Waals surface area contributed by atoms with Crippen LogP contribution < -0.4 is 5.32 Å². The van der Waals surface area contributed by atoms with Crippen molar-refractivity contribution in [3.63, 3.8) is 0 Å². The van der Waals surface area contributed by atoms with Crippen LogP contribution in [0, 0.1) is 11.8 Å². The van der Waals surface area contributed by atoms with E-state index in [1.165, 1.54) is 0 Å². The Bertz CT molecular complexity index is 1000. The van der Waals surface area contributed by atoms with Gasteiger partial charge < -0.3 is 20.1 Å². The van der Waals surface area contributed by atoms with Gasteiger partial charge in [0.15, 0.2) is 0 Å². The van der Waals surface area contributed by atoms with Crippen molar-refractivity contribution in [3.05, 3.63) is 59.7 Å². The van der Waals surface area contributed by atoms with Gasteiger partial charge in [-0.25, -0.2) is 4.79 Å². The summed E-state index contributed by atoms with van der Waals surface area (Å²) in [4.78, 5) is 38.3. The molecule has 0 bridgehead atoms. The number of carboxylic acid groups (broad SMARTS) is 1.